The van der Waals surface area contributed by atoms with E-state index in [0.29, 0.717) is 0 Å². The van der Waals surface area contributed by atoms with Crippen LogP contribution in [-0.2, 0) is 0 Å². The summed E-state index contributed by atoms with van der Waals surface area (Å²) in [7, 11) is 0. The fraction of sp³-hybridized carbons (Fsp3) is 0.714. The molecule has 1 atom stereocenters. The Bertz CT molecular complexity index is 144. The van der Waals surface area contributed by atoms with Crippen LogP contribution in [0.5, 0.6) is 0 Å². The third-order valence-electron chi connectivity index (χ3n) is 2.24. The summed E-state index contributed by atoms with van der Waals surface area (Å²) in [5.74, 6) is 0.942. The number of hydrogen-bond donors (Lipinski definition) is 0. The van der Waals surface area contributed by atoms with E-state index in [9.17, 15) is 0 Å². The number of fused-ring (bicyclic) bond motifs is 2. The molecule has 1 unspecified atom stereocenters. The van der Waals surface area contributed by atoms with E-state index in [-0.39, 0.29) is 0 Å². The molecule has 1 fully saturated rings. The molecule has 0 nitrogen and oxygen atoms in total. The van der Waals surface area contributed by atoms with Gasteiger partial charge in [0.15, 0.2) is 0 Å². The lowest BCUT2D eigenvalue weighted by molar-refractivity contribution is 0.572. The van der Waals surface area contributed by atoms with Gasteiger partial charge in [-0.05, 0) is 31.6 Å². The van der Waals surface area contributed by atoms with Gasteiger partial charge >= 0.3 is 0 Å². The average molecular weight is 129 g/mol. The Hall–Kier alpha value is 0.0300. The van der Waals surface area contributed by atoms with Gasteiger partial charge in [-0.15, -0.1) is 0 Å². The summed E-state index contributed by atoms with van der Waals surface area (Å²) in [4.78, 5) is 0. The van der Waals surface area contributed by atoms with Gasteiger partial charge in [0.2, 0.25) is 0 Å². The monoisotopic (exact) mass is 128 g/mol. The van der Waals surface area contributed by atoms with Crippen molar-refractivity contribution in [3.8, 4) is 0 Å². The molecule has 0 aromatic rings. The first kappa shape index (κ1) is 4.87. The highest BCUT2D eigenvalue weighted by molar-refractivity contribution is 6.30. The first-order valence-corrected chi connectivity index (χ1v) is 3.60. The maximum atomic E-state index is 5.89. The van der Waals surface area contributed by atoms with E-state index < -0.39 is 0 Å². The maximum Gasteiger partial charge on any atom is 0.0176 e. The Labute approximate surface area is 54.5 Å². The second-order valence-electron chi connectivity index (χ2n) is 2.82. The fourth-order valence-corrected chi connectivity index (χ4v) is 2.14. The minimum Gasteiger partial charge on any atom is -0.0892 e. The quantitative estimate of drug-likeness (QED) is 0.471. The van der Waals surface area contributed by atoms with Crippen LogP contribution in [0.2, 0.25) is 0 Å². The Morgan fingerprint density at radius 2 is 2.25 bits per heavy atom. The van der Waals surface area contributed by atoms with Crippen molar-refractivity contribution in [3.63, 3.8) is 0 Å². The van der Waals surface area contributed by atoms with Gasteiger partial charge in [-0.2, -0.15) is 0 Å². The van der Waals surface area contributed by atoms with Crippen molar-refractivity contribution in [1.82, 2.24) is 0 Å². The zero-order valence-electron chi connectivity index (χ0n) is 4.78. The van der Waals surface area contributed by atoms with Gasteiger partial charge < -0.3 is 0 Å². The van der Waals surface area contributed by atoms with Crippen molar-refractivity contribution < 1.29 is 0 Å². The van der Waals surface area contributed by atoms with Crippen LogP contribution in [-0.4, -0.2) is 0 Å². The minimum atomic E-state index is 0.942. The number of halogens is 1. The smallest absolute Gasteiger partial charge is 0.0176 e. The molecule has 2 aliphatic rings. The molecule has 2 aliphatic carbocycles. The molecule has 0 N–H and O–H groups in total. The summed E-state index contributed by atoms with van der Waals surface area (Å²) in [6.07, 6.45) is 5.21. The molecule has 0 amide bonds. The molecule has 0 radical (unpaired) electrons. The van der Waals surface area contributed by atoms with Crippen molar-refractivity contribution in [1.29, 1.82) is 0 Å². The third kappa shape index (κ3) is 0.526. The molecule has 2 rings (SSSR count). The molecule has 8 heavy (non-hydrogen) atoms. The largest absolute Gasteiger partial charge is 0.0892 e. The topological polar surface area (TPSA) is 0 Å². The molecule has 0 spiro atoms. The van der Waals surface area contributed by atoms with Gasteiger partial charge in [0, 0.05) is 5.03 Å². The van der Waals surface area contributed by atoms with E-state index in [2.05, 4.69) is 0 Å². The highest BCUT2D eigenvalue weighted by atomic mass is 35.5. The molecule has 0 saturated heterocycles. The SMILES string of the molecule is ClC1=C2CCC(C1)C2. The van der Waals surface area contributed by atoms with Crippen LogP contribution in [0.1, 0.15) is 25.7 Å². The Balaban J connectivity index is 2.33. The molecule has 0 aliphatic heterocycles. The van der Waals surface area contributed by atoms with Gasteiger partial charge in [0.05, 0.1) is 0 Å². The van der Waals surface area contributed by atoms with Crippen molar-refractivity contribution in [2.45, 2.75) is 25.7 Å². The second-order valence-corrected chi connectivity index (χ2v) is 3.28. The highest BCUT2D eigenvalue weighted by Crippen LogP contribution is 2.45. The van der Waals surface area contributed by atoms with Crippen LogP contribution in [0.25, 0.3) is 0 Å². The van der Waals surface area contributed by atoms with Crippen LogP contribution < -0.4 is 0 Å². The average Bonchev–Trinajstić information content (AvgIpc) is 2.23. The Morgan fingerprint density at radius 3 is 2.50 bits per heavy atom. The zero-order valence-corrected chi connectivity index (χ0v) is 5.54. The predicted octanol–water partition coefficient (Wildman–Crippen LogP) is 2.68. The Kier molecular flexibility index (Phi) is 0.916. The van der Waals surface area contributed by atoms with Gasteiger partial charge in [-0.25, -0.2) is 0 Å². The van der Waals surface area contributed by atoms with Gasteiger partial charge in [-0.3, -0.25) is 0 Å². The number of rotatable bonds is 0. The van der Waals surface area contributed by atoms with Crippen LogP contribution in [0, 0.1) is 5.92 Å². The van der Waals surface area contributed by atoms with Gasteiger partial charge in [0.25, 0.3) is 0 Å². The third-order valence-corrected chi connectivity index (χ3v) is 2.66. The fourth-order valence-electron chi connectivity index (χ4n) is 1.75. The molecular weight excluding hydrogens is 120 g/mol. The van der Waals surface area contributed by atoms with E-state index in [1.165, 1.54) is 30.7 Å². The van der Waals surface area contributed by atoms with Crippen molar-refractivity contribution in [2.24, 2.45) is 5.92 Å². The highest BCUT2D eigenvalue weighted by Gasteiger charge is 2.28. The van der Waals surface area contributed by atoms with Crippen molar-refractivity contribution in [3.05, 3.63) is 10.6 Å². The molecule has 0 aromatic carbocycles. The normalized spacial score (nSPS) is 34.9. The van der Waals surface area contributed by atoms with E-state index in [1.807, 2.05) is 0 Å². The first-order valence-electron chi connectivity index (χ1n) is 3.22. The standard InChI is InChI=1S/C7H9Cl/c8-7-4-5-1-2-6(7)3-5/h5H,1-4H2. The first-order chi connectivity index (χ1) is 3.86. The summed E-state index contributed by atoms with van der Waals surface area (Å²) in [5, 5.41) is 1.18. The van der Waals surface area contributed by atoms with E-state index in [0.717, 1.165) is 5.92 Å². The van der Waals surface area contributed by atoms with Crippen molar-refractivity contribution in [2.75, 3.05) is 0 Å². The minimum absolute atomic E-state index is 0.942. The lowest BCUT2D eigenvalue weighted by Gasteiger charge is -2.03. The van der Waals surface area contributed by atoms with Gasteiger partial charge in [-0.1, -0.05) is 17.2 Å². The number of allylic oxidation sites excluding steroid dienone is 2. The van der Waals surface area contributed by atoms with Crippen LogP contribution in [0.4, 0.5) is 0 Å². The van der Waals surface area contributed by atoms with Crippen molar-refractivity contribution >= 4 is 11.6 Å². The lowest BCUT2D eigenvalue weighted by Crippen LogP contribution is -1.88. The van der Waals surface area contributed by atoms with Crippen LogP contribution in [0.3, 0.4) is 0 Å². The summed E-state index contributed by atoms with van der Waals surface area (Å²) >= 11 is 5.89. The van der Waals surface area contributed by atoms with Gasteiger partial charge in [0.1, 0.15) is 0 Å². The molecule has 0 aromatic heterocycles. The second kappa shape index (κ2) is 1.51. The summed E-state index contributed by atoms with van der Waals surface area (Å²) < 4.78 is 0. The number of hydrogen-bond acceptors (Lipinski definition) is 0. The van der Waals surface area contributed by atoms with E-state index in [4.69, 9.17) is 11.6 Å². The summed E-state index contributed by atoms with van der Waals surface area (Å²) in [6, 6.07) is 0. The van der Waals surface area contributed by atoms with E-state index in [1.54, 1.807) is 5.57 Å². The molecular formula is C7H9Cl. The van der Waals surface area contributed by atoms with E-state index >= 15 is 0 Å². The summed E-state index contributed by atoms with van der Waals surface area (Å²) in [6.45, 7) is 0. The molecule has 1 saturated carbocycles. The predicted molar refractivity (Wildman–Crippen MR) is 34.8 cm³/mol. The summed E-state index contributed by atoms with van der Waals surface area (Å²) in [5.41, 5.74) is 1.55. The molecule has 0 heterocycles. The maximum absolute atomic E-state index is 5.89. The van der Waals surface area contributed by atoms with Crippen LogP contribution >= 0.6 is 11.6 Å². The zero-order chi connectivity index (χ0) is 5.56. The Morgan fingerprint density at radius 1 is 1.38 bits per heavy atom. The molecule has 44 valence electrons. The molecule has 1 heteroatoms. The lowest BCUT2D eigenvalue weighted by atomic mass is 10.1. The van der Waals surface area contributed by atoms with Crippen LogP contribution in [0.15, 0.2) is 10.6 Å². The molecule has 2 bridgehead atoms.